The van der Waals surface area contributed by atoms with Crippen LogP contribution in [0.4, 0.5) is 11.6 Å². The van der Waals surface area contributed by atoms with Crippen molar-refractivity contribution < 1.29 is 9.53 Å². The summed E-state index contributed by atoms with van der Waals surface area (Å²) in [5, 5.41) is 3.37. The Hall–Kier alpha value is -3.12. The first-order valence-corrected chi connectivity index (χ1v) is 10.3. The molecule has 2 heterocycles. The monoisotopic (exact) mass is 422 g/mol. The molecule has 0 spiro atoms. The highest BCUT2D eigenvalue weighted by Crippen LogP contribution is 2.28. The summed E-state index contributed by atoms with van der Waals surface area (Å²) < 4.78 is 5.28. The van der Waals surface area contributed by atoms with E-state index in [1.807, 2.05) is 24.5 Å². The highest BCUT2D eigenvalue weighted by molar-refractivity contribution is 6.31. The first-order valence-electron chi connectivity index (χ1n) is 9.96. The third-order valence-electron chi connectivity index (χ3n) is 5.17. The van der Waals surface area contributed by atoms with E-state index in [2.05, 4.69) is 20.2 Å². The molecule has 0 radical (unpaired) electrons. The molecule has 1 N–H and O–H groups in total. The molecule has 1 amide bonds. The Balaban J connectivity index is 1.46. The molecule has 30 heavy (non-hydrogen) atoms. The number of rotatable bonds is 5. The molecule has 0 saturated carbocycles. The van der Waals surface area contributed by atoms with Gasteiger partial charge in [0.15, 0.2) is 0 Å². The first-order chi connectivity index (χ1) is 14.6. The van der Waals surface area contributed by atoms with Gasteiger partial charge in [-0.3, -0.25) is 4.79 Å². The summed E-state index contributed by atoms with van der Waals surface area (Å²) in [6.07, 6.45) is 7.33. The van der Waals surface area contributed by atoms with Gasteiger partial charge in [-0.05, 0) is 55.2 Å². The summed E-state index contributed by atoms with van der Waals surface area (Å²) >= 11 is 6.03. The van der Waals surface area contributed by atoms with Gasteiger partial charge in [0.1, 0.15) is 5.75 Å². The standard InChI is InChI=1S/C23H23ClN4O2/c1-30-21-10-9-19(24)13-20(21)27-22(29)17-7-5-16(6-8-17)18-14-25-23(26-15-18)28-11-3-2-4-12-28/h5-10,13-15H,2-4,11-12H2,1H3,(H,27,29). The summed E-state index contributed by atoms with van der Waals surface area (Å²) in [6.45, 7) is 2.03. The van der Waals surface area contributed by atoms with E-state index < -0.39 is 0 Å². The normalized spacial score (nSPS) is 13.7. The molecule has 1 saturated heterocycles. The number of amides is 1. The van der Waals surface area contributed by atoms with E-state index in [1.165, 1.54) is 19.3 Å². The Bertz CT molecular complexity index is 1020. The Morgan fingerprint density at radius 2 is 1.70 bits per heavy atom. The summed E-state index contributed by atoms with van der Waals surface area (Å²) in [7, 11) is 1.55. The van der Waals surface area contributed by atoms with E-state index in [1.54, 1.807) is 37.4 Å². The van der Waals surface area contributed by atoms with Gasteiger partial charge in [-0.2, -0.15) is 0 Å². The Kier molecular flexibility index (Phi) is 6.14. The first kappa shape index (κ1) is 20.2. The Labute approximate surface area is 180 Å². The fourth-order valence-corrected chi connectivity index (χ4v) is 3.69. The van der Waals surface area contributed by atoms with Gasteiger partial charge in [-0.1, -0.05) is 23.7 Å². The molecule has 0 atom stereocenters. The van der Waals surface area contributed by atoms with Crippen LogP contribution in [-0.4, -0.2) is 36.1 Å². The third-order valence-corrected chi connectivity index (χ3v) is 5.40. The number of hydrogen-bond acceptors (Lipinski definition) is 5. The zero-order chi connectivity index (χ0) is 20.9. The fourth-order valence-electron chi connectivity index (χ4n) is 3.51. The number of ether oxygens (including phenoxy) is 1. The van der Waals surface area contributed by atoms with Crippen molar-refractivity contribution in [3.63, 3.8) is 0 Å². The molecule has 1 aliphatic heterocycles. The van der Waals surface area contributed by atoms with Gasteiger partial charge in [0.25, 0.3) is 5.91 Å². The quantitative estimate of drug-likeness (QED) is 0.623. The lowest BCUT2D eigenvalue weighted by atomic mass is 10.1. The maximum absolute atomic E-state index is 12.6. The van der Waals surface area contributed by atoms with Gasteiger partial charge in [0, 0.05) is 41.6 Å². The molecule has 2 aromatic carbocycles. The second-order valence-electron chi connectivity index (χ2n) is 7.20. The average Bonchev–Trinajstić information content (AvgIpc) is 2.80. The molecule has 1 aliphatic rings. The minimum Gasteiger partial charge on any atom is -0.495 e. The van der Waals surface area contributed by atoms with Crippen LogP contribution in [0.3, 0.4) is 0 Å². The molecular formula is C23H23ClN4O2. The van der Waals surface area contributed by atoms with Gasteiger partial charge in [-0.25, -0.2) is 9.97 Å². The molecule has 0 aliphatic carbocycles. The van der Waals surface area contributed by atoms with Gasteiger partial charge in [0.2, 0.25) is 5.95 Å². The van der Waals surface area contributed by atoms with E-state index >= 15 is 0 Å². The van der Waals surface area contributed by atoms with Crippen LogP contribution in [0.15, 0.2) is 54.9 Å². The second kappa shape index (κ2) is 9.13. The minimum absolute atomic E-state index is 0.237. The van der Waals surface area contributed by atoms with Crippen molar-refractivity contribution in [2.24, 2.45) is 0 Å². The predicted octanol–water partition coefficient (Wildman–Crippen LogP) is 5.05. The Morgan fingerprint density at radius 1 is 1.00 bits per heavy atom. The lowest BCUT2D eigenvalue weighted by Gasteiger charge is -2.26. The number of halogens is 1. The molecule has 154 valence electrons. The van der Waals surface area contributed by atoms with Crippen LogP contribution in [0.1, 0.15) is 29.6 Å². The van der Waals surface area contributed by atoms with Crippen LogP contribution in [0.25, 0.3) is 11.1 Å². The van der Waals surface area contributed by atoms with Crippen molar-refractivity contribution in [3.8, 4) is 16.9 Å². The van der Waals surface area contributed by atoms with Crippen LogP contribution in [0, 0.1) is 0 Å². The Morgan fingerprint density at radius 3 is 2.37 bits per heavy atom. The van der Waals surface area contributed by atoms with E-state index in [0.717, 1.165) is 30.2 Å². The highest BCUT2D eigenvalue weighted by atomic mass is 35.5. The lowest BCUT2D eigenvalue weighted by molar-refractivity contribution is 0.102. The van der Waals surface area contributed by atoms with Gasteiger partial charge in [-0.15, -0.1) is 0 Å². The van der Waals surface area contributed by atoms with E-state index in [-0.39, 0.29) is 5.91 Å². The minimum atomic E-state index is -0.237. The molecule has 1 aromatic heterocycles. The summed E-state index contributed by atoms with van der Waals surface area (Å²) in [6, 6.07) is 12.4. The van der Waals surface area contributed by atoms with E-state index in [4.69, 9.17) is 16.3 Å². The van der Waals surface area contributed by atoms with Crippen LogP contribution >= 0.6 is 11.6 Å². The van der Waals surface area contributed by atoms with Crippen molar-refractivity contribution >= 4 is 29.1 Å². The van der Waals surface area contributed by atoms with Crippen molar-refractivity contribution in [1.29, 1.82) is 0 Å². The summed E-state index contributed by atoms with van der Waals surface area (Å²) in [5.74, 6) is 1.10. The molecular weight excluding hydrogens is 400 g/mol. The molecule has 1 fully saturated rings. The van der Waals surface area contributed by atoms with Crippen molar-refractivity contribution in [2.45, 2.75) is 19.3 Å². The zero-order valence-corrected chi connectivity index (χ0v) is 17.5. The van der Waals surface area contributed by atoms with Gasteiger partial charge < -0.3 is 15.0 Å². The molecule has 3 aromatic rings. The number of aromatic nitrogens is 2. The van der Waals surface area contributed by atoms with E-state index in [0.29, 0.717) is 22.0 Å². The summed E-state index contributed by atoms with van der Waals surface area (Å²) in [4.78, 5) is 23.9. The maximum atomic E-state index is 12.6. The maximum Gasteiger partial charge on any atom is 0.255 e. The summed E-state index contributed by atoms with van der Waals surface area (Å²) in [5.41, 5.74) is 2.93. The van der Waals surface area contributed by atoms with Crippen LogP contribution in [0.5, 0.6) is 5.75 Å². The van der Waals surface area contributed by atoms with Crippen molar-refractivity contribution in [3.05, 3.63) is 65.4 Å². The molecule has 0 unspecified atom stereocenters. The average molecular weight is 423 g/mol. The predicted molar refractivity (Wildman–Crippen MR) is 119 cm³/mol. The number of methoxy groups -OCH3 is 1. The lowest BCUT2D eigenvalue weighted by Crippen LogP contribution is -2.30. The number of nitrogens with zero attached hydrogens (tertiary/aromatic N) is 3. The SMILES string of the molecule is COc1ccc(Cl)cc1NC(=O)c1ccc(-c2cnc(N3CCCCC3)nc2)cc1. The zero-order valence-electron chi connectivity index (χ0n) is 16.8. The number of hydrogen-bond donors (Lipinski definition) is 1. The second-order valence-corrected chi connectivity index (χ2v) is 7.63. The molecule has 4 rings (SSSR count). The topological polar surface area (TPSA) is 67.3 Å². The highest BCUT2D eigenvalue weighted by Gasteiger charge is 2.14. The largest absolute Gasteiger partial charge is 0.495 e. The molecule has 0 bridgehead atoms. The van der Waals surface area contributed by atoms with Crippen LogP contribution in [-0.2, 0) is 0 Å². The van der Waals surface area contributed by atoms with Gasteiger partial charge >= 0.3 is 0 Å². The smallest absolute Gasteiger partial charge is 0.255 e. The van der Waals surface area contributed by atoms with Crippen LogP contribution < -0.4 is 15.0 Å². The number of carbonyl (C=O) groups is 1. The fraction of sp³-hybridized carbons (Fsp3) is 0.261. The third kappa shape index (κ3) is 4.54. The van der Waals surface area contributed by atoms with Crippen LogP contribution in [0.2, 0.25) is 5.02 Å². The van der Waals surface area contributed by atoms with Crippen molar-refractivity contribution in [1.82, 2.24) is 9.97 Å². The number of carbonyl (C=O) groups excluding carboxylic acids is 1. The van der Waals surface area contributed by atoms with Crippen molar-refractivity contribution in [2.75, 3.05) is 30.4 Å². The number of piperidine rings is 1. The van der Waals surface area contributed by atoms with Gasteiger partial charge in [0.05, 0.1) is 12.8 Å². The number of nitrogens with one attached hydrogen (secondary N) is 1. The molecule has 7 heteroatoms. The number of anilines is 2. The van der Waals surface area contributed by atoms with E-state index in [9.17, 15) is 4.79 Å². The number of benzene rings is 2. The molecule has 6 nitrogen and oxygen atoms in total.